The van der Waals surface area contributed by atoms with E-state index in [1.165, 1.54) is 25.7 Å². The van der Waals surface area contributed by atoms with Gasteiger partial charge in [0, 0.05) is 18.8 Å². The van der Waals surface area contributed by atoms with Gasteiger partial charge in [-0.05, 0) is 49.3 Å². The van der Waals surface area contributed by atoms with E-state index in [1.54, 1.807) is 18.2 Å². The zero-order valence-electron chi connectivity index (χ0n) is 17.4. The maximum atomic E-state index is 13.0. The summed E-state index contributed by atoms with van der Waals surface area (Å²) in [6.45, 7) is 4.20. The molecule has 1 aromatic carbocycles. The maximum Gasteiger partial charge on any atom is 0.411 e. The monoisotopic (exact) mass is 420 g/mol. The van der Waals surface area contributed by atoms with Crippen LogP contribution in [-0.4, -0.2) is 36.6 Å². The highest BCUT2D eigenvalue weighted by atomic mass is 35.5. The number of fused-ring (bicyclic) bond motifs is 1. The molecule has 160 valence electrons. The van der Waals surface area contributed by atoms with Crippen molar-refractivity contribution in [3.8, 4) is 0 Å². The fourth-order valence-electron chi connectivity index (χ4n) is 4.57. The molecule has 1 saturated carbocycles. The van der Waals surface area contributed by atoms with E-state index in [9.17, 15) is 9.59 Å². The first-order valence-corrected chi connectivity index (χ1v) is 11.5. The van der Waals surface area contributed by atoms with E-state index in [4.69, 9.17) is 16.3 Å². The van der Waals surface area contributed by atoms with Gasteiger partial charge in [0.25, 0.3) is 5.91 Å². The molecule has 0 bridgehead atoms. The standard InChI is InChI=1S/C23H33ClN2O3/c1-2-3-4-7-14-29-23(28)25-19-10-11-20(21(24)15-19)22(27)26-13-12-17-8-5-6-9-18(17)16-26/h10-11,15,17-18H,2-9,12-14,16H2,1H3,(H,25,28)/t17?,18-/m0/s1. The SMILES string of the molecule is CCCCCCOC(=O)Nc1ccc(C(=O)N2CCC3CCCC[C@H]3C2)c(Cl)c1. The molecule has 2 atom stereocenters. The molecule has 6 heteroatoms. The van der Waals surface area contributed by atoms with Crippen molar-refractivity contribution >= 4 is 29.3 Å². The van der Waals surface area contributed by atoms with Crippen LogP contribution < -0.4 is 5.32 Å². The first kappa shape index (κ1) is 21.9. The third-order valence-corrected chi connectivity index (χ3v) is 6.57. The molecule has 1 saturated heterocycles. The highest BCUT2D eigenvalue weighted by molar-refractivity contribution is 6.34. The molecule has 2 amide bonds. The van der Waals surface area contributed by atoms with E-state index in [0.717, 1.165) is 51.1 Å². The lowest BCUT2D eigenvalue weighted by Crippen LogP contribution is -2.44. The van der Waals surface area contributed by atoms with E-state index < -0.39 is 6.09 Å². The van der Waals surface area contributed by atoms with Crippen molar-refractivity contribution in [2.45, 2.75) is 64.7 Å². The van der Waals surface area contributed by atoms with Crippen molar-refractivity contribution < 1.29 is 14.3 Å². The van der Waals surface area contributed by atoms with Crippen LogP contribution in [0.3, 0.4) is 0 Å². The summed E-state index contributed by atoms with van der Waals surface area (Å²) in [5.74, 6) is 1.40. The van der Waals surface area contributed by atoms with Crippen molar-refractivity contribution in [1.29, 1.82) is 0 Å². The van der Waals surface area contributed by atoms with Gasteiger partial charge in [-0.1, -0.05) is 57.0 Å². The van der Waals surface area contributed by atoms with Crippen LogP contribution in [0.4, 0.5) is 10.5 Å². The van der Waals surface area contributed by atoms with Crippen molar-refractivity contribution in [3.63, 3.8) is 0 Å². The summed E-state index contributed by atoms with van der Waals surface area (Å²) < 4.78 is 5.19. The largest absolute Gasteiger partial charge is 0.449 e. The van der Waals surface area contributed by atoms with Crippen molar-refractivity contribution in [2.75, 3.05) is 25.0 Å². The summed E-state index contributed by atoms with van der Waals surface area (Å²) in [7, 11) is 0. The normalized spacial score (nSPS) is 21.4. The Bertz CT molecular complexity index is 709. The fourth-order valence-corrected chi connectivity index (χ4v) is 4.83. The quantitative estimate of drug-likeness (QED) is 0.540. The lowest BCUT2D eigenvalue weighted by molar-refractivity contribution is 0.0521. The van der Waals surface area contributed by atoms with E-state index in [2.05, 4.69) is 12.2 Å². The minimum absolute atomic E-state index is 0.0101. The molecule has 2 fully saturated rings. The van der Waals surface area contributed by atoms with Crippen molar-refractivity contribution in [1.82, 2.24) is 4.90 Å². The number of anilines is 1. The van der Waals surface area contributed by atoms with E-state index in [1.807, 2.05) is 4.90 Å². The van der Waals surface area contributed by atoms with Crippen LogP contribution in [0, 0.1) is 11.8 Å². The second-order valence-corrected chi connectivity index (χ2v) is 8.77. The Morgan fingerprint density at radius 2 is 1.93 bits per heavy atom. The van der Waals surface area contributed by atoms with E-state index in [0.29, 0.717) is 28.8 Å². The molecular formula is C23H33ClN2O3. The van der Waals surface area contributed by atoms with Crippen molar-refractivity contribution in [2.24, 2.45) is 11.8 Å². The van der Waals surface area contributed by atoms with Crippen LogP contribution in [0.15, 0.2) is 18.2 Å². The number of nitrogens with one attached hydrogen (secondary N) is 1. The molecule has 5 nitrogen and oxygen atoms in total. The second kappa shape index (κ2) is 10.9. The fraction of sp³-hybridized carbons (Fsp3) is 0.652. The number of hydrogen-bond acceptors (Lipinski definition) is 3. The molecule has 0 aromatic heterocycles. The Balaban J connectivity index is 1.52. The smallest absolute Gasteiger partial charge is 0.411 e. The van der Waals surface area contributed by atoms with Gasteiger partial charge >= 0.3 is 6.09 Å². The molecule has 2 aliphatic rings. The molecule has 1 unspecified atom stereocenters. The van der Waals surface area contributed by atoms with Gasteiger partial charge < -0.3 is 9.64 Å². The van der Waals surface area contributed by atoms with Gasteiger partial charge in [0.1, 0.15) is 0 Å². The van der Waals surface area contributed by atoms with Gasteiger partial charge in [-0.15, -0.1) is 0 Å². The molecule has 1 heterocycles. The molecule has 1 N–H and O–H groups in total. The second-order valence-electron chi connectivity index (χ2n) is 8.36. The number of piperidine rings is 1. The van der Waals surface area contributed by atoms with Gasteiger partial charge in [-0.3, -0.25) is 10.1 Å². The predicted octanol–water partition coefficient (Wildman–Crippen LogP) is 6.12. The van der Waals surface area contributed by atoms with Gasteiger partial charge in [-0.2, -0.15) is 0 Å². The van der Waals surface area contributed by atoms with Crippen LogP contribution in [0.5, 0.6) is 0 Å². The molecule has 29 heavy (non-hydrogen) atoms. The number of hydrogen-bond donors (Lipinski definition) is 1. The minimum atomic E-state index is -0.490. The summed E-state index contributed by atoms with van der Waals surface area (Å²) in [6.07, 6.45) is 9.97. The average Bonchev–Trinajstić information content (AvgIpc) is 2.73. The molecular weight excluding hydrogens is 388 g/mol. The topological polar surface area (TPSA) is 58.6 Å². The molecule has 1 aliphatic heterocycles. The van der Waals surface area contributed by atoms with E-state index in [-0.39, 0.29) is 5.91 Å². The third-order valence-electron chi connectivity index (χ3n) is 6.26. The van der Waals surface area contributed by atoms with Crippen LogP contribution in [-0.2, 0) is 4.74 Å². The lowest BCUT2D eigenvalue weighted by atomic mass is 9.75. The van der Waals surface area contributed by atoms with Crippen LogP contribution in [0.2, 0.25) is 5.02 Å². The molecule has 1 aliphatic carbocycles. The molecule has 1 aromatic rings. The maximum absolute atomic E-state index is 13.0. The summed E-state index contributed by atoms with van der Waals surface area (Å²) in [6, 6.07) is 5.04. The highest BCUT2D eigenvalue weighted by Gasteiger charge is 2.33. The number of rotatable bonds is 7. The lowest BCUT2D eigenvalue weighted by Gasteiger charge is -2.41. The van der Waals surface area contributed by atoms with E-state index >= 15 is 0 Å². The third kappa shape index (κ3) is 6.11. The van der Waals surface area contributed by atoms with Crippen LogP contribution in [0.25, 0.3) is 0 Å². The van der Waals surface area contributed by atoms with Gasteiger partial charge in [0.15, 0.2) is 0 Å². The van der Waals surface area contributed by atoms with Crippen LogP contribution in [0.1, 0.15) is 75.1 Å². The summed E-state index contributed by atoms with van der Waals surface area (Å²) in [5.41, 5.74) is 1.04. The Labute approximate surface area is 179 Å². The minimum Gasteiger partial charge on any atom is -0.449 e. The van der Waals surface area contributed by atoms with Crippen molar-refractivity contribution in [3.05, 3.63) is 28.8 Å². The number of carbonyl (C=O) groups is 2. The Kier molecular flexibility index (Phi) is 8.22. The van der Waals surface area contributed by atoms with Gasteiger partial charge in [0.2, 0.25) is 0 Å². The van der Waals surface area contributed by atoms with Crippen LogP contribution >= 0.6 is 11.6 Å². The summed E-state index contributed by atoms with van der Waals surface area (Å²) in [4.78, 5) is 26.8. The number of carbonyl (C=O) groups excluding carboxylic acids is 2. The number of benzene rings is 1. The first-order chi connectivity index (χ1) is 14.1. The average molecular weight is 421 g/mol. The Morgan fingerprint density at radius 3 is 2.69 bits per heavy atom. The number of halogens is 1. The summed E-state index contributed by atoms with van der Waals surface area (Å²) >= 11 is 6.39. The Hall–Kier alpha value is -1.75. The summed E-state index contributed by atoms with van der Waals surface area (Å²) in [5, 5.41) is 3.05. The number of likely N-dealkylation sites (tertiary alicyclic amines) is 1. The number of unbranched alkanes of at least 4 members (excludes halogenated alkanes) is 3. The Morgan fingerprint density at radius 1 is 1.14 bits per heavy atom. The predicted molar refractivity (Wildman–Crippen MR) is 117 cm³/mol. The molecule has 0 spiro atoms. The number of ether oxygens (including phenoxy) is 1. The molecule has 0 radical (unpaired) electrons. The number of amides is 2. The zero-order chi connectivity index (χ0) is 20.6. The highest BCUT2D eigenvalue weighted by Crippen LogP contribution is 2.36. The first-order valence-electron chi connectivity index (χ1n) is 11.1. The molecule has 3 rings (SSSR count). The van der Waals surface area contributed by atoms with Gasteiger partial charge in [0.05, 0.1) is 17.2 Å². The zero-order valence-corrected chi connectivity index (χ0v) is 18.2. The van der Waals surface area contributed by atoms with Gasteiger partial charge in [-0.25, -0.2) is 4.79 Å². The number of nitrogens with zero attached hydrogens (tertiary/aromatic N) is 1.